The molecule has 0 saturated carbocycles. The predicted octanol–water partition coefficient (Wildman–Crippen LogP) is 4.31. The van der Waals surface area contributed by atoms with Gasteiger partial charge in [-0.3, -0.25) is 4.79 Å². The molecule has 0 saturated heterocycles. The number of aromatic nitrogens is 2. The topological polar surface area (TPSA) is 123 Å². The zero-order valence-corrected chi connectivity index (χ0v) is 18.7. The number of methoxy groups -OCH3 is 2. The number of carbonyl (C=O) groups excluding carboxylic acids is 1. The molecular formula is C25H22N4O5. The molecule has 0 aliphatic rings. The Morgan fingerprint density at radius 3 is 2.21 bits per heavy atom. The molecule has 4 rings (SSSR count). The first-order valence-corrected chi connectivity index (χ1v) is 10.3. The molecule has 1 heterocycles. The van der Waals surface area contributed by atoms with Crippen LogP contribution in [-0.4, -0.2) is 48.2 Å². The molecule has 0 aliphatic carbocycles. The maximum absolute atomic E-state index is 12.7. The molecule has 9 heteroatoms. The van der Waals surface area contributed by atoms with Crippen molar-refractivity contribution in [3.63, 3.8) is 0 Å². The van der Waals surface area contributed by atoms with Gasteiger partial charge in [-0.05, 0) is 42.5 Å². The number of anilines is 2. The average Bonchev–Trinajstić information content (AvgIpc) is 2.87. The summed E-state index contributed by atoms with van der Waals surface area (Å²) in [4.78, 5) is 32.9. The number of carboxylic acids is 1. The summed E-state index contributed by atoms with van der Waals surface area (Å²) in [6.45, 7) is 0. The van der Waals surface area contributed by atoms with Crippen LogP contribution in [0.15, 0.2) is 60.7 Å². The molecule has 0 aliphatic heterocycles. The summed E-state index contributed by atoms with van der Waals surface area (Å²) in [7, 11) is 4.86. The van der Waals surface area contributed by atoms with Crippen LogP contribution in [0.4, 0.5) is 11.6 Å². The van der Waals surface area contributed by atoms with Crippen LogP contribution < -0.4 is 20.1 Å². The van der Waals surface area contributed by atoms with E-state index in [1.54, 1.807) is 39.5 Å². The third-order valence-electron chi connectivity index (χ3n) is 5.21. The number of fused-ring (bicyclic) bond motifs is 1. The van der Waals surface area contributed by atoms with Crippen molar-refractivity contribution in [1.82, 2.24) is 9.97 Å². The minimum atomic E-state index is -1.05. The van der Waals surface area contributed by atoms with E-state index in [9.17, 15) is 9.59 Å². The number of nitrogens with one attached hydrogen (secondary N) is 2. The third kappa shape index (κ3) is 4.44. The number of carbonyl (C=O) groups is 2. The predicted molar refractivity (Wildman–Crippen MR) is 129 cm³/mol. The van der Waals surface area contributed by atoms with Crippen LogP contribution in [0, 0.1) is 0 Å². The fourth-order valence-corrected chi connectivity index (χ4v) is 3.50. The summed E-state index contributed by atoms with van der Waals surface area (Å²) in [6.07, 6.45) is 0. The Kier molecular flexibility index (Phi) is 6.26. The molecule has 9 nitrogen and oxygen atoms in total. The van der Waals surface area contributed by atoms with Crippen molar-refractivity contribution in [3.8, 4) is 22.8 Å². The highest BCUT2D eigenvalue weighted by molar-refractivity contribution is 6.05. The van der Waals surface area contributed by atoms with Gasteiger partial charge in [0.1, 0.15) is 0 Å². The van der Waals surface area contributed by atoms with Gasteiger partial charge in [0.2, 0.25) is 5.95 Å². The van der Waals surface area contributed by atoms with Gasteiger partial charge in [-0.15, -0.1) is 0 Å². The fraction of sp³-hybridized carbons (Fsp3) is 0.120. The van der Waals surface area contributed by atoms with Gasteiger partial charge in [0.15, 0.2) is 11.5 Å². The first-order chi connectivity index (χ1) is 16.4. The zero-order valence-electron chi connectivity index (χ0n) is 18.7. The quantitative estimate of drug-likeness (QED) is 0.375. The zero-order chi connectivity index (χ0) is 24.2. The lowest BCUT2D eigenvalue weighted by Gasteiger charge is -2.13. The van der Waals surface area contributed by atoms with Crippen molar-refractivity contribution in [2.24, 2.45) is 0 Å². The Morgan fingerprint density at radius 1 is 0.882 bits per heavy atom. The summed E-state index contributed by atoms with van der Waals surface area (Å²) >= 11 is 0. The van der Waals surface area contributed by atoms with Crippen LogP contribution in [0.1, 0.15) is 20.7 Å². The van der Waals surface area contributed by atoms with E-state index in [4.69, 9.17) is 14.6 Å². The molecule has 3 aromatic carbocycles. The minimum Gasteiger partial charge on any atom is -0.493 e. The minimum absolute atomic E-state index is 0.113. The SMILES string of the molecule is CNc1nc(-c2cccc(NC(=O)c3ccc(C(=O)O)cc3)c2)c2cc(OC)c(OC)cc2n1. The van der Waals surface area contributed by atoms with Gasteiger partial charge in [0.05, 0.1) is 31.0 Å². The molecule has 172 valence electrons. The number of nitrogens with zero attached hydrogens (tertiary/aromatic N) is 2. The third-order valence-corrected chi connectivity index (χ3v) is 5.21. The normalized spacial score (nSPS) is 10.6. The number of ether oxygens (including phenoxy) is 2. The molecule has 1 amide bonds. The van der Waals surface area contributed by atoms with Gasteiger partial charge in [-0.2, -0.15) is 0 Å². The summed E-state index contributed by atoms with van der Waals surface area (Å²) in [5.74, 6) is 0.126. The molecule has 0 fully saturated rings. The second kappa shape index (κ2) is 9.45. The fourth-order valence-electron chi connectivity index (χ4n) is 3.50. The number of aromatic carboxylic acids is 1. The Labute approximate surface area is 195 Å². The van der Waals surface area contributed by atoms with Gasteiger partial charge >= 0.3 is 5.97 Å². The maximum Gasteiger partial charge on any atom is 0.335 e. The first-order valence-electron chi connectivity index (χ1n) is 10.3. The Hall–Kier alpha value is -4.66. The Balaban J connectivity index is 1.72. The monoisotopic (exact) mass is 458 g/mol. The average molecular weight is 458 g/mol. The molecule has 34 heavy (non-hydrogen) atoms. The van der Waals surface area contributed by atoms with E-state index >= 15 is 0 Å². The van der Waals surface area contributed by atoms with E-state index in [1.165, 1.54) is 24.3 Å². The summed E-state index contributed by atoms with van der Waals surface area (Å²) in [6, 6.07) is 16.6. The molecule has 0 spiro atoms. The molecule has 1 aromatic heterocycles. The Bertz CT molecular complexity index is 1390. The van der Waals surface area contributed by atoms with Crippen molar-refractivity contribution >= 4 is 34.4 Å². The van der Waals surface area contributed by atoms with E-state index in [0.29, 0.717) is 39.9 Å². The highest BCUT2D eigenvalue weighted by Crippen LogP contribution is 2.36. The van der Waals surface area contributed by atoms with Gasteiger partial charge < -0.3 is 25.2 Å². The van der Waals surface area contributed by atoms with Gasteiger partial charge in [0, 0.05) is 35.3 Å². The van der Waals surface area contributed by atoms with Crippen LogP contribution >= 0.6 is 0 Å². The molecule has 0 atom stereocenters. The molecule has 0 unspecified atom stereocenters. The lowest BCUT2D eigenvalue weighted by atomic mass is 10.0. The van der Waals surface area contributed by atoms with Gasteiger partial charge in [-0.25, -0.2) is 14.8 Å². The van der Waals surface area contributed by atoms with E-state index in [2.05, 4.69) is 20.6 Å². The van der Waals surface area contributed by atoms with Gasteiger partial charge in [-0.1, -0.05) is 12.1 Å². The van der Waals surface area contributed by atoms with Crippen molar-refractivity contribution in [2.75, 3.05) is 31.9 Å². The van der Waals surface area contributed by atoms with Crippen LogP contribution in [0.2, 0.25) is 0 Å². The highest BCUT2D eigenvalue weighted by atomic mass is 16.5. The highest BCUT2D eigenvalue weighted by Gasteiger charge is 2.15. The van der Waals surface area contributed by atoms with Crippen LogP contribution in [0.5, 0.6) is 11.5 Å². The van der Waals surface area contributed by atoms with Crippen molar-refractivity contribution in [3.05, 3.63) is 71.8 Å². The number of amides is 1. The van der Waals surface area contributed by atoms with E-state index in [0.717, 1.165) is 10.9 Å². The van der Waals surface area contributed by atoms with E-state index in [-0.39, 0.29) is 11.5 Å². The van der Waals surface area contributed by atoms with Gasteiger partial charge in [0.25, 0.3) is 5.91 Å². The van der Waals surface area contributed by atoms with E-state index in [1.807, 2.05) is 18.2 Å². The summed E-state index contributed by atoms with van der Waals surface area (Å²) in [5, 5.41) is 15.6. The Morgan fingerprint density at radius 2 is 1.56 bits per heavy atom. The number of hydrogen-bond acceptors (Lipinski definition) is 7. The number of rotatable bonds is 7. The molecule has 0 radical (unpaired) electrons. The van der Waals surface area contributed by atoms with Crippen LogP contribution in [0.25, 0.3) is 22.2 Å². The van der Waals surface area contributed by atoms with E-state index < -0.39 is 5.97 Å². The first kappa shape index (κ1) is 22.5. The van der Waals surface area contributed by atoms with Crippen LogP contribution in [-0.2, 0) is 0 Å². The van der Waals surface area contributed by atoms with Crippen LogP contribution in [0.3, 0.4) is 0 Å². The van der Waals surface area contributed by atoms with Crippen molar-refractivity contribution in [2.45, 2.75) is 0 Å². The number of benzene rings is 3. The number of hydrogen-bond donors (Lipinski definition) is 3. The standard InChI is InChI=1S/C25H22N4O5/c1-26-25-28-19-13-21(34-3)20(33-2)12-18(19)22(29-25)16-5-4-6-17(11-16)27-23(30)14-7-9-15(10-8-14)24(31)32/h4-13H,1-3H3,(H,27,30)(H,31,32)(H,26,28,29). The summed E-state index contributed by atoms with van der Waals surface area (Å²) < 4.78 is 10.9. The molecule has 4 aromatic rings. The number of carboxylic acid groups (broad SMARTS) is 1. The van der Waals surface area contributed by atoms with Crippen molar-refractivity contribution < 1.29 is 24.2 Å². The lowest BCUT2D eigenvalue weighted by molar-refractivity contribution is 0.0696. The second-order valence-corrected chi connectivity index (χ2v) is 7.29. The lowest BCUT2D eigenvalue weighted by Crippen LogP contribution is -2.12. The maximum atomic E-state index is 12.7. The summed E-state index contributed by atoms with van der Waals surface area (Å²) in [5.41, 5.74) is 3.09. The smallest absolute Gasteiger partial charge is 0.335 e. The molecular weight excluding hydrogens is 436 g/mol. The largest absolute Gasteiger partial charge is 0.493 e. The molecule has 3 N–H and O–H groups in total. The molecule has 0 bridgehead atoms. The van der Waals surface area contributed by atoms with Crippen molar-refractivity contribution in [1.29, 1.82) is 0 Å². The second-order valence-electron chi connectivity index (χ2n) is 7.29.